The second-order valence-corrected chi connectivity index (χ2v) is 8.41. The van der Waals surface area contributed by atoms with Crippen molar-refractivity contribution in [3.63, 3.8) is 0 Å². The average molecular weight is 513 g/mol. The van der Waals surface area contributed by atoms with E-state index < -0.39 is 0 Å². The third kappa shape index (κ3) is 5.52. The molecule has 1 aromatic rings. The Bertz CT molecular complexity index is 720. The molecule has 3 fully saturated rings. The van der Waals surface area contributed by atoms with E-state index in [1.54, 1.807) is 0 Å². The third-order valence-electron chi connectivity index (χ3n) is 6.21. The van der Waals surface area contributed by atoms with Gasteiger partial charge in [0, 0.05) is 57.3 Å². The quantitative estimate of drug-likeness (QED) is 0.368. The monoisotopic (exact) mass is 513 g/mol. The van der Waals surface area contributed by atoms with Crippen molar-refractivity contribution < 1.29 is 9.53 Å². The molecule has 160 valence electrons. The Morgan fingerprint density at radius 2 is 2.21 bits per heavy atom. The zero-order valence-corrected chi connectivity index (χ0v) is 19.5. The predicted octanol–water partition coefficient (Wildman–Crippen LogP) is 2.70. The van der Waals surface area contributed by atoms with Gasteiger partial charge in [-0.05, 0) is 44.1 Å². The van der Waals surface area contributed by atoms with E-state index in [0.717, 1.165) is 62.7 Å². The normalized spacial score (nSPS) is 25.1. The summed E-state index contributed by atoms with van der Waals surface area (Å²) < 4.78 is 5.94. The van der Waals surface area contributed by atoms with E-state index in [9.17, 15) is 4.79 Å². The summed E-state index contributed by atoms with van der Waals surface area (Å²) in [7, 11) is 1.82. The number of piperidine rings is 1. The number of carbonyl (C=O) groups excluding carboxylic acids is 1. The number of hydrogen-bond acceptors (Lipinski definition) is 4. The van der Waals surface area contributed by atoms with Crippen LogP contribution in [0.3, 0.4) is 0 Å². The SMILES string of the molecule is CN=C(NCc1ccc(OC2CCCC2)nc1)N1CCCC2(CNC(=O)C2)C1.I. The summed E-state index contributed by atoms with van der Waals surface area (Å²) in [5.74, 6) is 1.79. The Hall–Kier alpha value is -1.58. The number of guanidine groups is 1. The first kappa shape index (κ1) is 22.1. The van der Waals surface area contributed by atoms with E-state index in [0.29, 0.717) is 19.1 Å². The van der Waals surface area contributed by atoms with Gasteiger partial charge in [0.15, 0.2) is 5.96 Å². The smallest absolute Gasteiger partial charge is 0.220 e. The molecule has 1 unspecified atom stereocenters. The standard InChI is InChI=1S/C21H31N5O2.HI/c1-22-20(26-10-4-9-21(15-26)11-18(27)25-14-21)24-13-16-7-8-19(23-12-16)28-17-5-2-3-6-17;/h7-8,12,17H,2-6,9-11,13-15H2,1H3,(H,22,24)(H,25,27);1H. The Balaban J connectivity index is 0.00000240. The van der Waals surface area contributed by atoms with Crippen LogP contribution in [-0.2, 0) is 11.3 Å². The van der Waals surface area contributed by atoms with Crippen LogP contribution in [0.1, 0.15) is 50.5 Å². The molecule has 2 saturated heterocycles. The fourth-order valence-electron chi connectivity index (χ4n) is 4.70. The summed E-state index contributed by atoms with van der Waals surface area (Å²) in [4.78, 5) is 22.9. The minimum Gasteiger partial charge on any atom is -0.474 e. The molecule has 1 amide bonds. The van der Waals surface area contributed by atoms with E-state index in [-0.39, 0.29) is 35.3 Å². The molecule has 29 heavy (non-hydrogen) atoms. The minimum atomic E-state index is 0. The van der Waals surface area contributed by atoms with Crippen LogP contribution in [0.4, 0.5) is 0 Å². The molecular formula is C21H32IN5O2. The van der Waals surface area contributed by atoms with E-state index in [2.05, 4.69) is 31.6 Å². The number of ether oxygens (including phenoxy) is 1. The summed E-state index contributed by atoms with van der Waals surface area (Å²) >= 11 is 0. The second-order valence-electron chi connectivity index (χ2n) is 8.41. The Kier molecular flexibility index (Phi) is 7.59. The van der Waals surface area contributed by atoms with Gasteiger partial charge < -0.3 is 20.3 Å². The number of likely N-dealkylation sites (tertiary alicyclic amines) is 1. The van der Waals surface area contributed by atoms with Gasteiger partial charge in [-0.15, -0.1) is 24.0 Å². The van der Waals surface area contributed by atoms with E-state index in [4.69, 9.17) is 4.74 Å². The maximum Gasteiger partial charge on any atom is 0.220 e. The number of pyridine rings is 1. The van der Waals surface area contributed by atoms with Crippen molar-refractivity contribution in [3.8, 4) is 5.88 Å². The molecule has 0 aromatic carbocycles. The fourth-order valence-corrected chi connectivity index (χ4v) is 4.70. The molecule has 7 nitrogen and oxygen atoms in total. The molecule has 0 bridgehead atoms. The lowest BCUT2D eigenvalue weighted by Crippen LogP contribution is -2.51. The van der Waals surface area contributed by atoms with Crippen molar-refractivity contribution >= 4 is 35.8 Å². The molecule has 4 rings (SSSR count). The van der Waals surface area contributed by atoms with E-state index >= 15 is 0 Å². The topological polar surface area (TPSA) is 78.9 Å². The number of hydrogen-bond donors (Lipinski definition) is 2. The second kappa shape index (κ2) is 9.95. The first-order valence-electron chi connectivity index (χ1n) is 10.5. The Morgan fingerprint density at radius 1 is 1.38 bits per heavy atom. The Labute approximate surface area is 190 Å². The van der Waals surface area contributed by atoms with Gasteiger partial charge in [-0.1, -0.05) is 6.07 Å². The van der Waals surface area contributed by atoms with Crippen LogP contribution in [0.5, 0.6) is 5.88 Å². The molecule has 3 aliphatic rings. The van der Waals surface area contributed by atoms with Crippen LogP contribution >= 0.6 is 24.0 Å². The molecule has 1 spiro atoms. The van der Waals surface area contributed by atoms with Crippen LogP contribution in [-0.4, -0.2) is 54.5 Å². The number of rotatable bonds is 4. The molecule has 0 radical (unpaired) electrons. The van der Waals surface area contributed by atoms with Gasteiger partial charge >= 0.3 is 0 Å². The molecule has 3 heterocycles. The highest BCUT2D eigenvalue weighted by atomic mass is 127. The number of aliphatic imine (C=N–C) groups is 1. The largest absolute Gasteiger partial charge is 0.474 e. The average Bonchev–Trinajstić information content (AvgIpc) is 3.34. The lowest BCUT2D eigenvalue weighted by Gasteiger charge is -2.40. The van der Waals surface area contributed by atoms with Gasteiger partial charge in [0.1, 0.15) is 6.10 Å². The van der Waals surface area contributed by atoms with Crippen molar-refractivity contribution in [1.29, 1.82) is 0 Å². The maximum atomic E-state index is 11.7. The number of amides is 1. The lowest BCUT2D eigenvalue weighted by atomic mass is 9.79. The van der Waals surface area contributed by atoms with E-state index in [1.807, 2.05) is 19.3 Å². The molecule has 1 aromatic heterocycles. The van der Waals surface area contributed by atoms with Crippen molar-refractivity contribution in [3.05, 3.63) is 23.9 Å². The van der Waals surface area contributed by atoms with Gasteiger partial charge in [-0.25, -0.2) is 4.98 Å². The summed E-state index contributed by atoms with van der Waals surface area (Å²) in [5, 5.41) is 6.46. The van der Waals surface area contributed by atoms with Gasteiger partial charge in [0.25, 0.3) is 0 Å². The first-order valence-corrected chi connectivity index (χ1v) is 10.5. The number of nitrogens with one attached hydrogen (secondary N) is 2. The molecule has 1 aliphatic carbocycles. The molecule has 2 N–H and O–H groups in total. The molecule has 8 heteroatoms. The Morgan fingerprint density at radius 3 is 2.86 bits per heavy atom. The molecule has 1 atom stereocenters. The van der Waals surface area contributed by atoms with Gasteiger partial charge in [-0.3, -0.25) is 9.79 Å². The highest BCUT2D eigenvalue weighted by Gasteiger charge is 2.42. The molecular weight excluding hydrogens is 481 g/mol. The van der Waals surface area contributed by atoms with Crippen molar-refractivity contribution in [2.75, 3.05) is 26.7 Å². The summed E-state index contributed by atoms with van der Waals surface area (Å²) in [6, 6.07) is 4.03. The van der Waals surface area contributed by atoms with E-state index in [1.165, 1.54) is 12.8 Å². The van der Waals surface area contributed by atoms with Crippen LogP contribution < -0.4 is 15.4 Å². The summed E-state index contributed by atoms with van der Waals surface area (Å²) in [6.45, 7) is 3.30. The van der Waals surface area contributed by atoms with Gasteiger partial charge in [-0.2, -0.15) is 0 Å². The predicted molar refractivity (Wildman–Crippen MR) is 124 cm³/mol. The van der Waals surface area contributed by atoms with Crippen molar-refractivity contribution in [1.82, 2.24) is 20.5 Å². The molecule has 2 aliphatic heterocycles. The fraction of sp³-hybridized carbons (Fsp3) is 0.667. The van der Waals surface area contributed by atoms with Gasteiger partial charge in [0.05, 0.1) is 0 Å². The van der Waals surface area contributed by atoms with Crippen molar-refractivity contribution in [2.24, 2.45) is 10.4 Å². The molecule has 1 saturated carbocycles. The highest BCUT2D eigenvalue weighted by molar-refractivity contribution is 14.0. The van der Waals surface area contributed by atoms with Crippen LogP contribution in [0.15, 0.2) is 23.3 Å². The zero-order chi connectivity index (χ0) is 19.4. The first-order chi connectivity index (χ1) is 13.7. The van der Waals surface area contributed by atoms with Crippen molar-refractivity contribution in [2.45, 2.75) is 57.6 Å². The maximum absolute atomic E-state index is 11.7. The van der Waals surface area contributed by atoms with Crippen LogP contribution in [0.25, 0.3) is 0 Å². The minimum absolute atomic E-state index is 0. The third-order valence-corrected chi connectivity index (χ3v) is 6.21. The zero-order valence-electron chi connectivity index (χ0n) is 17.2. The lowest BCUT2D eigenvalue weighted by molar-refractivity contribution is -0.119. The van der Waals surface area contributed by atoms with Crippen LogP contribution in [0, 0.1) is 5.41 Å². The number of aromatic nitrogens is 1. The van der Waals surface area contributed by atoms with Crippen LogP contribution in [0.2, 0.25) is 0 Å². The summed E-state index contributed by atoms with van der Waals surface area (Å²) in [5.41, 5.74) is 1.16. The van der Waals surface area contributed by atoms with Gasteiger partial charge in [0.2, 0.25) is 11.8 Å². The number of carbonyl (C=O) groups is 1. The summed E-state index contributed by atoms with van der Waals surface area (Å²) in [6.07, 6.45) is 9.82. The number of nitrogens with zero attached hydrogens (tertiary/aromatic N) is 3. The highest BCUT2D eigenvalue weighted by Crippen LogP contribution is 2.36. The number of halogens is 1.